The van der Waals surface area contributed by atoms with E-state index in [1.54, 1.807) is 22.2 Å². The first kappa shape index (κ1) is 14.1. The summed E-state index contributed by atoms with van der Waals surface area (Å²) in [6, 6.07) is 4.01. The normalized spacial score (nSPS) is 12.7. The summed E-state index contributed by atoms with van der Waals surface area (Å²) >= 11 is 1.66. The van der Waals surface area contributed by atoms with Gasteiger partial charge in [0, 0.05) is 24.2 Å². The van der Waals surface area contributed by atoms with Crippen molar-refractivity contribution in [2.45, 2.75) is 19.3 Å². The Hall–Kier alpha value is -1.28. The Labute approximate surface area is 116 Å². The van der Waals surface area contributed by atoms with Gasteiger partial charge in [-0.2, -0.15) is 0 Å². The Morgan fingerprint density at radius 1 is 1.53 bits per heavy atom. The van der Waals surface area contributed by atoms with Gasteiger partial charge in [-0.15, -0.1) is 16.4 Å². The molecule has 6 nitrogen and oxygen atoms in total. The first-order valence-corrected chi connectivity index (χ1v) is 7.05. The van der Waals surface area contributed by atoms with Gasteiger partial charge >= 0.3 is 0 Å². The number of thiophene rings is 1. The second kappa shape index (κ2) is 8.00. The lowest BCUT2D eigenvalue weighted by atomic mass is 10.3. The number of hydrogen-bond acceptors (Lipinski definition) is 6. The van der Waals surface area contributed by atoms with Gasteiger partial charge < -0.3 is 15.2 Å². The van der Waals surface area contributed by atoms with Gasteiger partial charge in [-0.3, -0.25) is 4.68 Å². The van der Waals surface area contributed by atoms with Crippen LogP contribution in [-0.4, -0.2) is 45.9 Å². The minimum Gasteiger partial charge on any atom is -0.389 e. The van der Waals surface area contributed by atoms with Crippen molar-refractivity contribution >= 4 is 11.3 Å². The Morgan fingerprint density at radius 3 is 3.21 bits per heavy atom. The van der Waals surface area contributed by atoms with Gasteiger partial charge in [0.05, 0.1) is 32.1 Å². The van der Waals surface area contributed by atoms with Crippen LogP contribution in [0.3, 0.4) is 0 Å². The molecule has 0 fully saturated rings. The molecule has 0 amide bonds. The molecule has 0 aliphatic rings. The van der Waals surface area contributed by atoms with E-state index in [0.717, 1.165) is 13.1 Å². The summed E-state index contributed by atoms with van der Waals surface area (Å²) in [5.41, 5.74) is 0. The average Bonchev–Trinajstić information content (AvgIpc) is 3.07. The van der Waals surface area contributed by atoms with Crippen molar-refractivity contribution in [1.82, 2.24) is 20.3 Å². The number of nitrogens with zero attached hydrogens (tertiary/aromatic N) is 3. The van der Waals surface area contributed by atoms with E-state index >= 15 is 0 Å². The number of ether oxygens (including phenoxy) is 1. The number of aliphatic hydroxyl groups is 1. The van der Waals surface area contributed by atoms with Gasteiger partial charge in [0.1, 0.15) is 0 Å². The van der Waals surface area contributed by atoms with Crippen molar-refractivity contribution in [3.05, 3.63) is 34.8 Å². The molecule has 104 valence electrons. The first-order chi connectivity index (χ1) is 9.34. The highest BCUT2D eigenvalue weighted by atomic mass is 32.1. The first-order valence-electron chi connectivity index (χ1n) is 6.17. The molecule has 2 rings (SSSR count). The molecule has 0 saturated carbocycles. The lowest BCUT2D eigenvalue weighted by Crippen LogP contribution is -2.32. The lowest BCUT2D eigenvalue weighted by molar-refractivity contribution is 0.0298. The third kappa shape index (κ3) is 5.48. The second-order valence-corrected chi connectivity index (χ2v) is 5.15. The summed E-state index contributed by atoms with van der Waals surface area (Å²) < 4.78 is 7.18. The Kier molecular flexibility index (Phi) is 5.96. The van der Waals surface area contributed by atoms with Gasteiger partial charge in [0.15, 0.2) is 0 Å². The number of rotatable bonds is 9. The number of aliphatic hydroxyl groups excluding tert-OH is 1. The molecule has 0 aliphatic heterocycles. The molecule has 19 heavy (non-hydrogen) atoms. The summed E-state index contributed by atoms with van der Waals surface area (Å²) in [5, 5.41) is 22.5. The number of nitrogens with one attached hydrogen (secondary N) is 1. The Balaban J connectivity index is 1.48. The zero-order valence-corrected chi connectivity index (χ0v) is 11.4. The van der Waals surface area contributed by atoms with Crippen molar-refractivity contribution in [3.8, 4) is 0 Å². The summed E-state index contributed by atoms with van der Waals surface area (Å²) in [6.45, 7) is 2.90. The highest BCUT2D eigenvalue weighted by Gasteiger charge is 2.04. The fraction of sp³-hybridized carbons (Fsp3) is 0.500. The van der Waals surface area contributed by atoms with E-state index in [0.29, 0.717) is 19.8 Å². The molecule has 2 N–H and O–H groups in total. The maximum Gasteiger partial charge on any atom is 0.0897 e. The van der Waals surface area contributed by atoms with E-state index in [1.807, 2.05) is 23.7 Å². The van der Waals surface area contributed by atoms with Crippen LogP contribution in [0, 0.1) is 0 Å². The molecule has 2 aromatic heterocycles. The summed E-state index contributed by atoms with van der Waals surface area (Å²) in [4.78, 5) is 1.17. The van der Waals surface area contributed by atoms with Crippen LogP contribution in [0.25, 0.3) is 0 Å². The van der Waals surface area contributed by atoms with Gasteiger partial charge in [-0.25, -0.2) is 0 Å². The fourth-order valence-corrected chi connectivity index (χ4v) is 2.20. The molecule has 0 aromatic carbocycles. The second-order valence-electron chi connectivity index (χ2n) is 4.12. The summed E-state index contributed by atoms with van der Waals surface area (Å²) in [5.74, 6) is 0. The van der Waals surface area contributed by atoms with Gasteiger partial charge in [-0.1, -0.05) is 11.3 Å². The van der Waals surface area contributed by atoms with E-state index in [4.69, 9.17) is 4.74 Å². The van der Waals surface area contributed by atoms with Crippen molar-refractivity contribution in [2.75, 3.05) is 19.7 Å². The van der Waals surface area contributed by atoms with Crippen molar-refractivity contribution in [3.63, 3.8) is 0 Å². The third-order valence-corrected chi connectivity index (χ3v) is 3.35. The quantitative estimate of drug-likeness (QED) is 0.656. The van der Waals surface area contributed by atoms with E-state index in [2.05, 4.69) is 15.6 Å². The van der Waals surface area contributed by atoms with E-state index < -0.39 is 6.10 Å². The predicted octanol–water partition coefficient (Wildman–Crippen LogP) is 0.507. The smallest absolute Gasteiger partial charge is 0.0897 e. The molecular weight excluding hydrogens is 264 g/mol. The van der Waals surface area contributed by atoms with Gasteiger partial charge in [0.25, 0.3) is 0 Å². The van der Waals surface area contributed by atoms with Crippen LogP contribution in [-0.2, 0) is 17.9 Å². The van der Waals surface area contributed by atoms with Gasteiger partial charge in [0.2, 0.25) is 0 Å². The number of hydrogen-bond donors (Lipinski definition) is 2. The molecule has 0 radical (unpaired) electrons. The van der Waals surface area contributed by atoms with E-state index in [1.165, 1.54) is 4.88 Å². The summed E-state index contributed by atoms with van der Waals surface area (Å²) in [7, 11) is 0. The molecule has 1 atom stereocenters. The monoisotopic (exact) mass is 282 g/mol. The minimum absolute atomic E-state index is 0.341. The van der Waals surface area contributed by atoms with Crippen molar-refractivity contribution in [1.29, 1.82) is 0 Å². The highest BCUT2D eigenvalue weighted by molar-refractivity contribution is 7.09. The van der Waals surface area contributed by atoms with Crippen molar-refractivity contribution < 1.29 is 9.84 Å². The van der Waals surface area contributed by atoms with E-state index in [-0.39, 0.29) is 0 Å². The van der Waals surface area contributed by atoms with Crippen LogP contribution in [0.4, 0.5) is 0 Å². The van der Waals surface area contributed by atoms with Crippen LogP contribution < -0.4 is 5.32 Å². The lowest BCUT2D eigenvalue weighted by Gasteiger charge is -2.11. The SMILES string of the molecule is OC(CNCCn1ccnn1)COCc1cccs1. The van der Waals surface area contributed by atoms with Crippen LogP contribution in [0.5, 0.6) is 0 Å². The molecule has 1 unspecified atom stereocenters. The zero-order valence-electron chi connectivity index (χ0n) is 10.6. The molecule has 0 spiro atoms. The molecule has 2 heterocycles. The Morgan fingerprint density at radius 2 is 2.47 bits per heavy atom. The van der Waals surface area contributed by atoms with Gasteiger partial charge in [-0.05, 0) is 11.4 Å². The predicted molar refractivity (Wildman–Crippen MR) is 72.9 cm³/mol. The van der Waals surface area contributed by atoms with E-state index in [9.17, 15) is 5.11 Å². The topological polar surface area (TPSA) is 72.2 Å². The molecule has 0 saturated heterocycles. The van der Waals surface area contributed by atoms with Crippen LogP contribution >= 0.6 is 11.3 Å². The van der Waals surface area contributed by atoms with Crippen LogP contribution in [0.15, 0.2) is 29.9 Å². The maximum atomic E-state index is 9.72. The van der Waals surface area contributed by atoms with Crippen LogP contribution in [0.1, 0.15) is 4.88 Å². The van der Waals surface area contributed by atoms with Crippen molar-refractivity contribution in [2.24, 2.45) is 0 Å². The molecule has 2 aromatic rings. The fourth-order valence-electron chi connectivity index (χ4n) is 1.56. The molecule has 7 heteroatoms. The average molecular weight is 282 g/mol. The van der Waals surface area contributed by atoms with Crippen LogP contribution in [0.2, 0.25) is 0 Å². The minimum atomic E-state index is -0.490. The molecular formula is C12H18N4O2S. The number of aromatic nitrogens is 3. The third-order valence-electron chi connectivity index (χ3n) is 2.50. The maximum absolute atomic E-state index is 9.72. The summed E-state index contributed by atoms with van der Waals surface area (Å²) in [6.07, 6.45) is 2.96. The zero-order chi connectivity index (χ0) is 13.3. The molecule has 0 aliphatic carbocycles. The Bertz CT molecular complexity index is 433. The largest absolute Gasteiger partial charge is 0.389 e. The molecule has 0 bridgehead atoms. The standard InChI is InChI=1S/C12H18N4O2S/c17-11(9-18-10-12-2-1-7-19-12)8-13-3-5-16-6-4-14-15-16/h1-2,4,6-7,11,13,17H,3,5,8-10H2. The highest BCUT2D eigenvalue weighted by Crippen LogP contribution is 2.09.